The van der Waals surface area contributed by atoms with E-state index in [9.17, 15) is 14.7 Å². The van der Waals surface area contributed by atoms with Crippen molar-refractivity contribution in [3.63, 3.8) is 0 Å². The van der Waals surface area contributed by atoms with E-state index in [1.165, 1.54) is 24.2 Å². The van der Waals surface area contributed by atoms with Crippen molar-refractivity contribution in [1.82, 2.24) is 4.90 Å². The molecule has 4 saturated carbocycles. The number of rotatable bonds is 2. The van der Waals surface area contributed by atoms with Crippen LogP contribution in [0.3, 0.4) is 0 Å². The van der Waals surface area contributed by atoms with Crippen molar-refractivity contribution in [1.29, 1.82) is 0 Å². The molecule has 1 saturated heterocycles. The van der Waals surface area contributed by atoms with Crippen molar-refractivity contribution in [2.45, 2.75) is 63.1 Å². The normalized spacial score (nSPS) is 48.6. The minimum atomic E-state index is -0.944. The summed E-state index contributed by atoms with van der Waals surface area (Å²) in [6.45, 7) is 1.79. The predicted molar refractivity (Wildman–Crippen MR) is 70.1 cm³/mol. The third kappa shape index (κ3) is 1.55. The number of esters is 1. The highest BCUT2D eigenvalue weighted by Crippen LogP contribution is 2.58. The minimum Gasteiger partial charge on any atom is -0.465 e. The van der Waals surface area contributed by atoms with E-state index in [1.54, 1.807) is 6.92 Å². The molecule has 0 radical (unpaired) electrons. The highest BCUT2D eigenvalue weighted by Gasteiger charge is 2.60. The minimum absolute atomic E-state index is 0.293. The Balaban J connectivity index is 1.69. The molecule has 0 aromatic carbocycles. The van der Waals surface area contributed by atoms with Gasteiger partial charge in [-0.2, -0.15) is 0 Å². The number of nitrogens with zero attached hydrogens (tertiary/aromatic N) is 1. The third-order valence-electron chi connectivity index (χ3n) is 5.99. The Labute approximate surface area is 118 Å². The Morgan fingerprint density at radius 3 is 2.05 bits per heavy atom. The number of amides is 1. The summed E-state index contributed by atoms with van der Waals surface area (Å²) in [6, 6.07) is -0.580. The maximum absolute atomic E-state index is 11.9. The number of ether oxygens (including phenoxy) is 1. The summed E-state index contributed by atoms with van der Waals surface area (Å²) in [5, 5.41) is 9.72. The van der Waals surface area contributed by atoms with Crippen LogP contribution in [0.4, 0.5) is 4.79 Å². The van der Waals surface area contributed by atoms with Crippen LogP contribution in [-0.4, -0.2) is 39.8 Å². The van der Waals surface area contributed by atoms with Gasteiger partial charge in [0.2, 0.25) is 0 Å². The van der Waals surface area contributed by atoms with E-state index in [1.807, 2.05) is 0 Å². The molecule has 0 unspecified atom stereocenters. The monoisotopic (exact) mass is 279 g/mol. The van der Waals surface area contributed by atoms with Gasteiger partial charge in [-0.25, -0.2) is 9.59 Å². The Bertz CT molecular complexity index is 439. The molecule has 0 spiro atoms. The largest absolute Gasteiger partial charge is 0.465 e. The summed E-state index contributed by atoms with van der Waals surface area (Å²) in [4.78, 5) is 25.1. The van der Waals surface area contributed by atoms with E-state index in [0.717, 1.165) is 19.3 Å². The van der Waals surface area contributed by atoms with Crippen molar-refractivity contribution in [2.75, 3.05) is 0 Å². The van der Waals surface area contributed by atoms with Gasteiger partial charge in [-0.15, -0.1) is 0 Å². The first-order valence-electron chi connectivity index (χ1n) is 7.71. The lowest BCUT2D eigenvalue weighted by molar-refractivity contribution is -0.197. The molecule has 0 aromatic rings. The van der Waals surface area contributed by atoms with Crippen LogP contribution in [0.2, 0.25) is 0 Å². The summed E-state index contributed by atoms with van der Waals surface area (Å²) in [7, 11) is 0. The van der Waals surface area contributed by atoms with E-state index >= 15 is 0 Å². The van der Waals surface area contributed by atoms with Gasteiger partial charge in [0, 0.05) is 5.54 Å². The van der Waals surface area contributed by atoms with Crippen LogP contribution in [-0.2, 0) is 9.53 Å². The topological polar surface area (TPSA) is 66.8 Å². The Hall–Kier alpha value is -1.26. The van der Waals surface area contributed by atoms with Crippen LogP contribution in [0.1, 0.15) is 45.4 Å². The molecular formula is C15H21NO4. The van der Waals surface area contributed by atoms with Gasteiger partial charge in [0.1, 0.15) is 6.10 Å². The number of cyclic esters (lactones) is 1. The summed E-state index contributed by atoms with van der Waals surface area (Å²) in [5.41, 5.74) is -0.293. The summed E-state index contributed by atoms with van der Waals surface area (Å²) >= 11 is 0. The Kier molecular flexibility index (Phi) is 2.43. The zero-order chi connectivity index (χ0) is 14.1. The van der Waals surface area contributed by atoms with Crippen molar-refractivity contribution in [3.8, 4) is 0 Å². The van der Waals surface area contributed by atoms with Crippen LogP contribution in [0, 0.1) is 17.8 Å². The lowest BCUT2D eigenvalue weighted by Gasteiger charge is -2.61. The van der Waals surface area contributed by atoms with Gasteiger partial charge in [0.25, 0.3) is 0 Å². The van der Waals surface area contributed by atoms with Gasteiger partial charge in [-0.1, -0.05) is 0 Å². The summed E-state index contributed by atoms with van der Waals surface area (Å²) in [6.07, 6.45) is 5.38. The molecule has 20 heavy (non-hydrogen) atoms. The zero-order valence-corrected chi connectivity index (χ0v) is 11.7. The molecule has 110 valence electrons. The van der Waals surface area contributed by atoms with E-state index in [4.69, 9.17) is 4.74 Å². The van der Waals surface area contributed by atoms with E-state index in [2.05, 4.69) is 0 Å². The SMILES string of the molecule is C[C@@H]1OC(=O)[C@@H]1N(C(=O)O)C12CC3CC(CC(C3)C1)C2. The average Bonchev–Trinajstić information content (AvgIpc) is 2.33. The van der Waals surface area contributed by atoms with Gasteiger partial charge in [0.05, 0.1) is 0 Å². The fourth-order valence-corrected chi connectivity index (χ4v) is 5.73. The zero-order valence-electron chi connectivity index (χ0n) is 11.7. The van der Waals surface area contributed by atoms with Gasteiger partial charge in [0.15, 0.2) is 6.04 Å². The second-order valence-electron chi connectivity index (χ2n) is 7.38. The second kappa shape index (κ2) is 3.89. The van der Waals surface area contributed by atoms with Gasteiger partial charge in [-0.3, -0.25) is 4.90 Å². The predicted octanol–water partition coefficient (Wildman–Crippen LogP) is 2.25. The lowest BCUT2D eigenvalue weighted by atomic mass is 9.52. The van der Waals surface area contributed by atoms with Gasteiger partial charge >= 0.3 is 12.1 Å². The van der Waals surface area contributed by atoms with E-state index < -0.39 is 12.1 Å². The number of hydrogen-bond acceptors (Lipinski definition) is 3. The quantitative estimate of drug-likeness (QED) is 0.787. The highest BCUT2D eigenvalue weighted by molar-refractivity contribution is 5.86. The van der Waals surface area contributed by atoms with E-state index in [0.29, 0.717) is 17.8 Å². The molecule has 4 bridgehead atoms. The highest BCUT2D eigenvalue weighted by atomic mass is 16.6. The molecule has 5 rings (SSSR count). The van der Waals surface area contributed by atoms with Crippen molar-refractivity contribution in [3.05, 3.63) is 0 Å². The molecule has 2 atom stereocenters. The third-order valence-corrected chi connectivity index (χ3v) is 5.99. The molecule has 5 nitrogen and oxygen atoms in total. The van der Waals surface area contributed by atoms with Crippen molar-refractivity contribution < 1.29 is 19.4 Å². The van der Waals surface area contributed by atoms with Crippen LogP contribution >= 0.6 is 0 Å². The average molecular weight is 279 g/mol. The van der Waals surface area contributed by atoms with Crippen molar-refractivity contribution in [2.24, 2.45) is 17.8 Å². The standard InChI is InChI=1S/C15H21NO4/c1-8-12(13(17)20-8)16(14(18)19)15-5-9-2-10(6-15)4-11(3-9)7-15/h8-12H,2-7H2,1H3,(H,18,19)/t8-,9?,10?,11?,12+,15?/m0/s1. The maximum atomic E-state index is 11.9. The van der Waals surface area contributed by atoms with Crippen LogP contribution < -0.4 is 0 Å². The molecule has 0 aromatic heterocycles. The van der Waals surface area contributed by atoms with Crippen LogP contribution in [0.15, 0.2) is 0 Å². The Morgan fingerprint density at radius 2 is 1.70 bits per heavy atom. The number of carboxylic acid groups (broad SMARTS) is 1. The van der Waals surface area contributed by atoms with Crippen molar-refractivity contribution >= 4 is 12.1 Å². The van der Waals surface area contributed by atoms with Gasteiger partial charge < -0.3 is 9.84 Å². The Morgan fingerprint density at radius 1 is 1.20 bits per heavy atom. The first kappa shape index (κ1) is 12.5. The fraction of sp³-hybridized carbons (Fsp3) is 0.867. The van der Waals surface area contributed by atoms with E-state index in [-0.39, 0.29) is 17.6 Å². The molecular weight excluding hydrogens is 258 g/mol. The van der Waals surface area contributed by atoms with Gasteiger partial charge in [-0.05, 0) is 63.2 Å². The molecule has 5 aliphatic rings. The molecule has 5 fully saturated rings. The number of carbonyl (C=O) groups excluding carboxylic acids is 1. The summed E-state index contributed by atoms with van der Waals surface area (Å²) in [5.74, 6) is 1.62. The van der Waals surface area contributed by atoms with Crippen LogP contribution in [0.25, 0.3) is 0 Å². The molecule has 1 heterocycles. The number of carbonyl (C=O) groups is 2. The first-order chi connectivity index (χ1) is 9.48. The smallest absolute Gasteiger partial charge is 0.408 e. The number of hydrogen-bond donors (Lipinski definition) is 1. The molecule has 1 amide bonds. The second-order valence-corrected chi connectivity index (χ2v) is 7.38. The molecule has 1 N–H and O–H groups in total. The molecule has 4 aliphatic carbocycles. The fourth-order valence-electron chi connectivity index (χ4n) is 5.73. The van der Waals surface area contributed by atoms with Crippen LogP contribution in [0.5, 0.6) is 0 Å². The maximum Gasteiger partial charge on any atom is 0.408 e. The lowest BCUT2D eigenvalue weighted by Crippen LogP contribution is -2.70. The molecule has 5 heteroatoms. The molecule has 1 aliphatic heterocycles. The first-order valence-corrected chi connectivity index (χ1v) is 7.71. The summed E-state index contributed by atoms with van der Waals surface area (Å²) < 4.78 is 5.00.